The van der Waals surface area contributed by atoms with Crippen molar-refractivity contribution in [3.63, 3.8) is 0 Å². The molecule has 0 radical (unpaired) electrons. The zero-order chi connectivity index (χ0) is 36.7. The lowest BCUT2D eigenvalue weighted by molar-refractivity contribution is 0.670. The van der Waals surface area contributed by atoms with Gasteiger partial charge in [0, 0.05) is 53.2 Å². The Labute approximate surface area is 325 Å². The van der Waals surface area contributed by atoms with Crippen LogP contribution in [0.1, 0.15) is 0 Å². The van der Waals surface area contributed by atoms with Gasteiger partial charge < -0.3 is 4.42 Å². The standard InChI is InChI=1S/C51H29N3OS/c1-2-12-30(13-3-1)49-52-50(54-51(53-49)43-22-11-21-42-40-18-8-9-23-46(40)56-48(42)43)32-25-27-39-41-20-10-19-33(47(41)55-45(39)29-32)31-24-26-38-36-16-5-4-14-34(36)35-15-6-7-17-37(35)44(38)28-31/h1-29H. The first-order valence-corrected chi connectivity index (χ1v) is 19.6. The summed E-state index contributed by atoms with van der Waals surface area (Å²) in [6.07, 6.45) is 0. The van der Waals surface area contributed by atoms with E-state index in [9.17, 15) is 0 Å². The van der Waals surface area contributed by atoms with Crippen LogP contribution in [0, 0.1) is 0 Å². The molecule has 0 fully saturated rings. The van der Waals surface area contributed by atoms with Crippen LogP contribution in [0.4, 0.5) is 0 Å². The predicted octanol–water partition coefficient (Wildman–Crippen LogP) is 14.3. The molecule has 0 unspecified atom stereocenters. The first-order valence-electron chi connectivity index (χ1n) is 18.8. The molecule has 0 amide bonds. The molecule has 3 heterocycles. The Kier molecular flexibility index (Phi) is 6.76. The van der Waals surface area contributed by atoms with Gasteiger partial charge in [0.2, 0.25) is 0 Å². The highest BCUT2D eigenvalue weighted by Gasteiger charge is 2.19. The summed E-state index contributed by atoms with van der Waals surface area (Å²) in [5.41, 5.74) is 6.63. The van der Waals surface area contributed by atoms with Crippen LogP contribution in [0.15, 0.2) is 180 Å². The number of fused-ring (bicyclic) bond motifs is 12. The van der Waals surface area contributed by atoms with E-state index in [2.05, 4.69) is 146 Å². The van der Waals surface area contributed by atoms with Crippen LogP contribution in [0.2, 0.25) is 0 Å². The molecule has 56 heavy (non-hydrogen) atoms. The molecule has 0 saturated heterocycles. The Bertz CT molecular complexity index is 3510. The fourth-order valence-corrected chi connectivity index (χ4v) is 9.72. The summed E-state index contributed by atoms with van der Waals surface area (Å²) in [4.78, 5) is 15.3. The normalized spacial score (nSPS) is 11.9. The second kappa shape index (κ2) is 12.2. The number of furan rings is 1. The number of rotatable bonds is 4. The highest BCUT2D eigenvalue weighted by molar-refractivity contribution is 7.26. The molecule has 0 N–H and O–H groups in total. The van der Waals surface area contributed by atoms with Gasteiger partial charge in [-0.05, 0) is 68.2 Å². The van der Waals surface area contributed by atoms with Crippen molar-refractivity contribution < 1.29 is 4.42 Å². The van der Waals surface area contributed by atoms with Gasteiger partial charge in [0.1, 0.15) is 11.2 Å². The van der Waals surface area contributed by atoms with E-state index in [-0.39, 0.29) is 0 Å². The minimum Gasteiger partial charge on any atom is -0.455 e. The zero-order valence-corrected chi connectivity index (χ0v) is 30.7. The lowest BCUT2D eigenvalue weighted by Crippen LogP contribution is -2.00. The number of nitrogens with zero attached hydrogens (tertiary/aromatic N) is 3. The highest BCUT2D eigenvalue weighted by Crippen LogP contribution is 2.42. The SMILES string of the molecule is c1ccc(-c2nc(-c3ccc4c(c3)oc3c(-c5ccc6c7ccccc7c7ccccc7c6c5)cccc34)nc(-c3cccc4c3sc3ccccc34)n2)cc1. The topological polar surface area (TPSA) is 51.8 Å². The lowest BCUT2D eigenvalue weighted by atomic mass is 9.92. The number of hydrogen-bond acceptors (Lipinski definition) is 5. The van der Waals surface area contributed by atoms with Gasteiger partial charge >= 0.3 is 0 Å². The van der Waals surface area contributed by atoms with E-state index in [1.165, 1.54) is 52.5 Å². The molecule has 0 aliphatic rings. The summed E-state index contributed by atoms with van der Waals surface area (Å²) in [6.45, 7) is 0. The number of benzene rings is 9. The number of hydrogen-bond donors (Lipinski definition) is 0. The molecule has 4 nitrogen and oxygen atoms in total. The number of para-hydroxylation sites is 1. The highest BCUT2D eigenvalue weighted by atomic mass is 32.1. The maximum absolute atomic E-state index is 6.82. The van der Waals surface area contributed by atoms with Crippen molar-refractivity contribution in [3.05, 3.63) is 176 Å². The van der Waals surface area contributed by atoms with Crippen molar-refractivity contribution in [2.75, 3.05) is 0 Å². The van der Waals surface area contributed by atoms with E-state index in [1.54, 1.807) is 11.3 Å². The lowest BCUT2D eigenvalue weighted by Gasteiger charge is -2.12. The molecule has 260 valence electrons. The summed E-state index contributed by atoms with van der Waals surface area (Å²) in [5, 5.41) is 12.1. The summed E-state index contributed by atoms with van der Waals surface area (Å²) in [6, 6.07) is 62.1. The van der Waals surface area contributed by atoms with Crippen LogP contribution >= 0.6 is 11.3 Å². The Balaban J connectivity index is 1.03. The van der Waals surface area contributed by atoms with Crippen LogP contribution in [0.5, 0.6) is 0 Å². The molecule has 12 aromatic rings. The maximum Gasteiger partial charge on any atom is 0.165 e. The molecule has 0 aliphatic heterocycles. The van der Waals surface area contributed by atoms with E-state index < -0.39 is 0 Å². The molecular weight excluding hydrogens is 703 g/mol. The number of thiophene rings is 1. The second-order valence-electron chi connectivity index (χ2n) is 14.3. The fraction of sp³-hybridized carbons (Fsp3) is 0. The monoisotopic (exact) mass is 731 g/mol. The average molecular weight is 732 g/mol. The Hall–Kier alpha value is -7.21. The summed E-state index contributed by atoms with van der Waals surface area (Å²) in [7, 11) is 0. The van der Waals surface area contributed by atoms with E-state index in [0.717, 1.165) is 49.8 Å². The molecule has 0 bridgehead atoms. The summed E-state index contributed by atoms with van der Waals surface area (Å²) < 4.78 is 9.23. The molecular formula is C51H29N3OS. The van der Waals surface area contributed by atoms with Crippen LogP contribution in [0.25, 0.3) is 120 Å². The minimum absolute atomic E-state index is 0.600. The quantitative estimate of drug-likeness (QED) is 0.169. The van der Waals surface area contributed by atoms with Gasteiger partial charge in [0.25, 0.3) is 0 Å². The molecule has 0 aliphatic carbocycles. The van der Waals surface area contributed by atoms with Gasteiger partial charge in [-0.25, -0.2) is 15.0 Å². The van der Waals surface area contributed by atoms with Crippen LogP contribution in [-0.2, 0) is 0 Å². The van der Waals surface area contributed by atoms with Crippen molar-refractivity contribution in [3.8, 4) is 45.3 Å². The van der Waals surface area contributed by atoms with E-state index >= 15 is 0 Å². The van der Waals surface area contributed by atoms with Gasteiger partial charge in [-0.3, -0.25) is 0 Å². The summed E-state index contributed by atoms with van der Waals surface area (Å²) >= 11 is 1.78. The zero-order valence-electron chi connectivity index (χ0n) is 29.9. The van der Waals surface area contributed by atoms with E-state index in [4.69, 9.17) is 19.4 Å². The first kappa shape index (κ1) is 31.2. The molecule has 12 rings (SSSR count). The molecule has 0 spiro atoms. The Morgan fingerprint density at radius 2 is 0.893 bits per heavy atom. The Morgan fingerprint density at radius 1 is 0.339 bits per heavy atom. The van der Waals surface area contributed by atoms with E-state index in [1.807, 2.05) is 30.3 Å². The first-order chi connectivity index (χ1) is 27.7. The van der Waals surface area contributed by atoms with Gasteiger partial charge in [-0.2, -0.15) is 0 Å². The van der Waals surface area contributed by atoms with Crippen molar-refractivity contribution in [2.24, 2.45) is 0 Å². The molecule has 9 aromatic carbocycles. The third-order valence-corrected chi connectivity index (χ3v) is 12.3. The van der Waals surface area contributed by atoms with E-state index in [0.29, 0.717) is 17.5 Å². The van der Waals surface area contributed by atoms with Crippen LogP contribution in [0.3, 0.4) is 0 Å². The van der Waals surface area contributed by atoms with Gasteiger partial charge in [0.05, 0.1) is 0 Å². The fourth-order valence-electron chi connectivity index (χ4n) is 8.50. The molecule has 5 heteroatoms. The third kappa shape index (κ3) is 4.75. The van der Waals surface area contributed by atoms with Crippen LogP contribution in [-0.4, -0.2) is 15.0 Å². The molecule has 0 atom stereocenters. The second-order valence-corrected chi connectivity index (χ2v) is 15.4. The smallest absolute Gasteiger partial charge is 0.165 e. The number of aromatic nitrogens is 3. The minimum atomic E-state index is 0.600. The van der Waals surface area contributed by atoms with Gasteiger partial charge in [-0.1, -0.05) is 146 Å². The van der Waals surface area contributed by atoms with Crippen molar-refractivity contribution in [1.82, 2.24) is 15.0 Å². The third-order valence-electron chi connectivity index (χ3n) is 11.1. The maximum atomic E-state index is 6.82. The largest absolute Gasteiger partial charge is 0.455 e. The predicted molar refractivity (Wildman–Crippen MR) is 234 cm³/mol. The van der Waals surface area contributed by atoms with Crippen molar-refractivity contribution >= 4 is 85.8 Å². The molecule has 0 saturated carbocycles. The van der Waals surface area contributed by atoms with Crippen molar-refractivity contribution in [2.45, 2.75) is 0 Å². The average Bonchev–Trinajstić information content (AvgIpc) is 3.85. The van der Waals surface area contributed by atoms with Crippen molar-refractivity contribution in [1.29, 1.82) is 0 Å². The Morgan fingerprint density at radius 3 is 1.66 bits per heavy atom. The van der Waals surface area contributed by atoms with Crippen LogP contribution < -0.4 is 0 Å². The molecule has 3 aromatic heterocycles. The van der Waals surface area contributed by atoms with Gasteiger partial charge in [-0.15, -0.1) is 11.3 Å². The van der Waals surface area contributed by atoms with Gasteiger partial charge in [0.15, 0.2) is 17.5 Å². The summed E-state index contributed by atoms with van der Waals surface area (Å²) in [5.74, 6) is 1.88.